The molecule has 0 heterocycles. The molecular weight excluding hydrogens is 241 g/mol. The minimum absolute atomic E-state index is 0.326. The van der Waals surface area contributed by atoms with Crippen molar-refractivity contribution in [2.45, 2.75) is 26.1 Å². The van der Waals surface area contributed by atoms with Crippen LogP contribution < -0.4 is 10.5 Å². The third-order valence-corrected chi connectivity index (χ3v) is 2.15. The predicted molar refractivity (Wildman–Crippen MR) is 61.2 cm³/mol. The first-order valence-electron chi connectivity index (χ1n) is 5.32. The first kappa shape index (κ1) is 14.0. The molecule has 0 aliphatic heterocycles. The van der Waals surface area contributed by atoms with Gasteiger partial charge in [0.05, 0.1) is 0 Å². The molecule has 2 atom stereocenters. The van der Waals surface area contributed by atoms with Gasteiger partial charge in [0.15, 0.2) is 12.2 Å². The van der Waals surface area contributed by atoms with E-state index in [1.807, 2.05) is 0 Å². The second-order valence-corrected chi connectivity index (χ2v) is 3.70. The van der Waals surface area contributed by atoms with Crippen LogP contribution in [0.3, 0.4) is 0 Å². The van der Waals surface area contributed by atoms with Gasteiger partial charge in [-0.2, -0.15) is 0 Å². The molecule has 0 aliphatic carbocycles. The second kappa shape index (κ2) is 6.00. The fraction of sp³-hybridized carbons (Fsp3) is 0.333. The number of ether oxygens (including phenoxy) is 2. The van der Waals surface area contributed by atoms with Gasteiger partial charge in [0, 0.05) is 0 Å². The average molecular weight is 255 g/mol. The van der Waals surface area contributed by atoms with Crippen molar-refractivity contribution in [1.29, 1.82) is 0 Å². The number of primary amides is 1. The topological polar surface area (TPSA) is 78.6 Å². The van der Waals surface area contributed by atoms with Gasteiger partial charge in [-0.1, -0.05) is 0 Å². The van der Waals surface area contributed by atoms with E-state index in [0.717, 1.165) is 0 Å². The summed E-state index contributed by atoms with van der Waals surface area (Å²) in [7, 11) is 0. The van der Waals surface area contributed by atoms with Gasteiger partial charge in [-0.3, -0.25) is 4.79 Å². The lowest BCUT2D eigenvalue weighted by molar-refractivity contribution is -0.159. The zero-order chi connectivity index (χ0) is 13.7. The summed E-state index contributed by atoms with van der Waals surface area (Å²) in [5, 5.41) is 0. The predicted octanol–water partition coefficient (Wildman–Crippen LogP) is 1.01. The Kier molecular flexibility index (Phi) is 4.65. The van der Waals surface area contributed by atoms with Gasteiger partial charge in [-0.25, -0.2) is 9.18 Å². The first-order valence-corrected chi connectivity index (χ1v) is 5.32. The molecule has 5 nitrogen and oxygen atoms in total. The highest BCUT2D eigenvalue weighted by Gasteiger charge is 2.21. The maximum absolute atomic E-state index is 12.6. The van der Waals surface area contributed by atoms with Crippen LogP contribution in [0.1, 0.15) is 13.8 Å². The van der Waals surface area contributed by atoms with Crippen molar-refractivity contribution in [3.63, 3.8) is 0 Å². The van der Waals surface area contributed by atoms with Crippen LogP contribution in [0.2, 0.25) is 0 Å². The Balaban J connectivity index is 2.54. The lowest BCUT2D eigenvalue weighted by atomic mass is 10.3. The Morgan fingerprint density at radius 2 is 1.72 bits per heavy atom. The monoisotopic (exact) mass is 255 g/mol. The fourth-order valence-corrected chi connectivity index (χ4v) is 1.09. The van der Waals surface area contributed by atoms with Gasteiger partial charge in [0.2, 0.25) is 0 Å². The van der Waals surface area contributed by atoms with Crippen LogP contribution in [0.25, 0.3) is 0 Å². The number of carbonyl (C=O) groups excluding carboxylic acids is 2. The Hall–Kier alpha value is -2.11. The van der Waals surface area contributed by atoms with Crippen molar-refractivity contribution in [3.8, 4) is 5.75 Å². The molecule has 0 saturated carbocycles. The van der Waals surface area contributed by atoms with Crippen LogP contribution in [0.5, 0.6) is 5.75 Å². The summed E-state index contributed by atoms with van der Waals surface area (Å²) >= 11 is 0. The summed E-state index contributed by atoms with van der Waals surface area (Å²) in [5.41, 5.74) is 4.95. The molecule has 2 N–H and O–H groups in total. The number of amides is 1. The Bertz CT molecular complexity index is 432. The SMILES string of the molecule is C[C@H](OC(=O)[C@H](C)Oc1ccc(F)cc1)C(N)=O. The van der Waals surface area contributed by atoms with E-state index < -0.39 is 29.9 Å². The van der Waals surface area contributed by atoms with Crippen LogP contribution in [-0.4, -0.2) is 24.1 Å². The quantitative estimate of drug-likeness (QED) is 0.796. The molecule has 0 saturated heterocycles. The molecule has 1 rings (SSSR count). The smallest absolute Gasteiger partial charge is 0.347 e. The van der Waals surface area contributed by atoms with Crippen molar-refractivity contribution >= 4 is 11.9 Å². The van der Waals surface area contributed by atoms with E-state index in [-0.39, 0.29) is 0 Å². The third kappa shape index (κ3) is 4.04. The molecule has 0 spiro atoms. The second-order valence-electron chi connectivity index (χ2n) is 3.70. The standard InChI is InChI=1S/C12H14FNO4/c1-7(11(14)15)18-12(16)8(2)17-10-5-3-9(13)4-6-10/h3-8H,1-2H3,(H2,14,15)/t7-,8-/m0/s1. The molecule has 0 aromatic heterocycles. The highest BCUT2D eigenvalue weighted by Crippen LogP contribution is 2.13. The summed E-state index contributed by atoms with van der Waals surface area (Å²) in [6.07, 6.45) is -1.94. The number of nitrogens with two attached hydrogens (primary N) is 1. The van der Waals surface area contributed by atoms with Crippen molar-refractivity contribution in [3.05, 3.63) is 30.1 Å². The maximum atomic E-state index is 12.6. The Morgan fingerprint density at radius 3 is 2.22 bits per heavy atom. The van der Waals surface area contributed by atoms with Crippen molar-refractivity contribution in [1.82, 2.24) is 0 Å². The third-order valence-electron chi connectivity index (χ3n) is 2.15. The molecule has 6 heteroatoms. The Morgan fingerprint density at radius 1 is 1.17 bits per heavy atom. The molecule has 0 fully saturated rings. The van der Waals surface area contributed by atoms with Gasteiger partial charge in [-0.05, 0) is 38.1 Å². The summed E-state index contributed by atoms with van der Waals surface area (Å²) in [6.45, 7) is 2.82. The number of benzene rings is 1. The Labute approximate surface area is 104 Å². The normalized spacial score (nSPS) is 13.5. The van der Waals surface area contributed by atoms with Crippen LogP contribution in [0.4, 0.5) is 4.39 Å². The van der Waals surface area contributed by atoms with E-state index in [0.29, 0.717) is 5.75 Å². The molecule has 18 heavy (non-hydrogen) atoms. The first-order chi connectivity index (χ1) is 8.40. The highest BCUT2D eigenvalue weighted by molar-refractivity contribution is 5.83. The number of hydrogen-bond donors (Lipinski definition) is 1. The number of halogens is 1. The minimum Gasteiger partial charge on any atom is -0.479 e. The number of carbonyl (C=O) groups is 2. The molecule has 1 amide bonds. The summed E-state index contributed by atoms with van der Waals surface area (Å²) in [6, 6.07) is 5.19. The molecule has 98 valence electrons. The highest BCUT2D eigenvalue weighted by atomic mass is 19.1. The lowest BCUT2D eigenvalue weighted by Crippen LogP contribution is -2.35. The van der Waals surface area contributed by atoms with E-state index in [4.69, 9.17) is 15.2 Å². The number of hydrogen-bond acceptors (Lipinski definition) is 4. The molecule has 0 bridgehead atoms. The van der Waals surface area contributed by atoms with Crippen LogP contribution in [0.15, 0.2) is 24.3 Å². The minimum atomic E-state index is -1.02. The van der Waals surface area contributed by atoms with Crippen LogP contribution in [-0.2, 0) is 14.3 Å². The van der Waals surface area contributed by atoms with Gasteiger partial charge in [-0.15, -0.1) is 0 Å². The summed E-state index contributed by atoms with van der Waals surface area (Å²) < 4.78 is 22.6. The molecular formula is C12H14FNO4. The lowest BCUT2D eigenvalue weighted by Gasteiger charge is -2.16. The largest absolute Gasteiger partial charge is 0.479 e. The van der Waals surface area contributed by atoms with E-state index in [9.17, 15) is 14.0 Å². The molecule has 0 aliphatic rings. The van der Waals surface area contributed by atoms with Crippen molar-refractivity contribution in [2.75, 3.05) is 0 Å². The molecule has 0 radical (unpaired) electrons. The van der Waals surface area contributed by atoms with Crippen molar-refractivity contribution < 1.29 is 23.5 Å². The van der Waals surface area contributed by atoms with E-state index in [1.54, 1.807) is 0 Å². The van der Waals surface area contributed by atoms with E-state index in [2.05, 4.69) is 0 Å². The van der Waals surface area contributed by atoms with Gasteiger partial charge < -0.3 is 15.2 Å². The molecule has 1 aromatic carbocycles. The zero-order valence-corrected chi connectivity index (χ0v) is 10.1. The fourth-order valence-electron chi connectivity index (χ4n) is 1.09. The number of esters is 1. The van der Waals surface area contributed by atoms with Gasteiger partial charge in [0.25, 0.3) is 5.91 Å². The van der Waals surface area contributed by atoms with E-state index >= 15 is 0 Å². The maximum Gasteiger partial charge on any atom is 0.347 e. The molecule has 0 unspecified atom stereocenters. The van der Waals surface area contributed by atoms with Gasteiger partial charge in [0.1, 0.15) is 11.6 Å². The van der Waals surface area contributed by atoms with Crippen molar-refractivity contribution in [2.24, 2.45) is 5.73 Å². The van der Waals surface area contributed by atoms with Crippen LogP contribution >= 0.6 is 0 Å². The average Bonchev–Trinajstić information content (AvgIpc) is 2.31. The van der Waals surface area contributed by atoms with Gasteiger partial charge >= 0.3 is 5.97 Å². The zero-order valence-electron chi connectivity index (χ0n) is 10.1. The summed E-state index contributed by atoms with van der Waals surface area (Å²) in [4.78, 5) is 22.2. The number of rotatable bonds is 5. The van der Waals surface area contributed by atoms with Crippen LogP contribution in [0, 0.1) is 5.82 Å². The summed E-state index contributed by atoms with van der Waals surface area (Å²) in [5.74, 6) is -1.53. The van der Waals surface area contributed by atoms with E-state index in [1.165, 1.54) is 38.1 Å². The molecule has 1 aromatic rings.